The summed E-state index contributed by atoms with van der Waals surface area (Å²) in [5, 5.41) is 0.150. The molecular weight excluding hydrogens is 280 g/mol. The van der Waals surface area contributed by atoms with Gasteiger partial charge in [0.1, 0.15) is 0 Å². The fourth-order valence-electron chi connectivity index (χ4n) is 2.18. The summed E-state index contributed by atoms with van der Waals surface area (Å²) in [7, 11) is 1.94. The van der Waals surface area contributed by atoms with Gasteiger partial charge in [-0.15, -0.1) is 0 Å². The Kier molecular flexibility index (Phi) is 5.37. The number of anilines is 1. The quantitative estimate of drug-likeness (QED) is 0.830. The molecule has 0 amide bonds. The molecule has 112 valence electrons. The van der Waals surface area contributed by atoms with Crippen LogP contribution in [0.2, 0.25) is 5.28 Å². The Morgan fingerprint density at radius 2 is 2.20 bits per heavy atom. The van der Waals surface area contributed by atoms with Gasteiger partial charge in [-0.1, -0.05) is 0 Å². The minimum Gasteiger partial charge on any atom is -0.461 e. The molecule has 0 N–H and O–H groups in total. The number of ether oxygens (including phenoxy) is 2. The maximum Gasteiger partial charge on any atom is 0.322 e. The fraction of sp³-hybridized carbons (Fsp3) is 0.769. The van der Waals surface area contributed by atoms with Crippen LogP contribution in [0.25, 0.3) is 0 Å². The van der Waals surface area contributed by atoms with Gasteiger partial charge in [-0.2, -0.15) is 15.0 Å². The smallest absolute Gasteiger partial charge is 0.322 e. The molecule has 0 radical (unpaired) electrons. The van der Waals surface area contributed by atoms with Gasteiger partial charge in [0, 0.05) is 20.2 Å². The van der Waals surface area contributed by atoms with Crippen LogP contribution in [0.3, 0.4) is 0 Å². The highest BCUT2D eigenvalue weighted by Gasteiger charge is 2.18. The predicted octanol–water partition coefficient (Wildman–Crippen LogP) is 2.17. The van der Waals surface area contributed by atoms with Gasteiger partial charge < -0.3 is 14.4 Å². The first-order chi connectivity index (χ1) is 9.54. The van der Waals surface area contributed by atoms with Gasteiger partial charge in [0.25, 0.3) is 0 Å². The van der Waals surface area contributed by atoms with Gasteiger partial charge in [-0.3, -0.25) is 0 Å². The lowest BCUT2D eigenvalue weighted by molar-refractivity contribution is 0.0575. The van der Waals surface area contributed by atoms with Crippen LogP contribution < -0.4 is 9.64 Å². The molecule has 7 heteroatoms. The first kappa shape index (κ1) is 15.3. The lowest BCUT2D eigenvalue weighted by atomic mass is 10.0. The largest absolute Gasteiger partial charge is 0.461 e. The highest BCUT2D eigenvalue weighted by Crippen LogP contribution is 2.19. The average Bonchev–Trinajstić information content (AvgIpc) is 2.38. The van der Waals surface area contributed by atoms with E-state index in [1.54, 1.807) is 0 Å². The van der Waals surface area contributed by atoms with Crippen LogP contribution >= 0.6 is 11.6 Å². The Labute approximate surface area is 124 Å². The molecule has 6 nitrogen and oxygen atoms in total. The molecule has 0 aliphatic carbocycles. The van der Waals surface area contributed by atoms with Gasteiger partial charge in [0.15, 0.2) is 0 Å². The summed E-state index contributed by atoms with van der Waals surface area (Å²) < 4.78 is 11.0. The molecule has 1 unspecified atom stereocenters. The van der Waals surface area contributed by atoms with E-state index in [4.69, 9.17) is 21.1 Å². The fourth-order valence-corrected chi connectivity index (χ4v) is 2.32. The molecular formula is C13H21ClN4O2. The maximum absolute atomic E-state index is 5.93. The summed E-state index contributed by atoms with van der Waals surface area (Å²) in [6.07, 6.45) is 2.27. The van der Waals surface area contributed by atoms with E-state index < -0.39 is 0 Å². The first-order valence-corrected chi connectivity index (χ1v) is 7.29. The summed E-state index contributed by atoms with van der Waals surface area (Å²) in [5.41, 5.74) is 0. The van der Waals surface area contributed by atoms with Crippen LogP contribution in [-0.4, -0.2) is 47.9 Å². The van der Waals surface area contributed by atoms with Crippen LogP contribution in [-0.2, 0) is 4.74 Å². The van der Waals surface area contributed by atoms with Crippen molar-refractivity contribution in [3.63, 3.8) is 0 Å². The monoisotopic (exact) mass is 300 g/mol. The normalized spacial score (nSPS) is 19.1. The summed E-state index contributed by atoms with van der Waals surface area (Å²) >= 11 is 5.93. The Bertz CT molecular complexity index is 438. The SMILES string of the molecule is CC(C)Oc1nc(Cl)nc(N(C)CC2CCCOC2)n1. The van der Waals surface area contributed by atoms with E-state index in [2.05, 4.69) is 15.0 Å². The summed E-state index contributed by atoms with van der Waals surface area (Å²) in [5.74, 6) is 1.03. The van der Waals surface area contributed by atoms with Crippen molar-refractivity contribution in [1.82, 2.24) is 15.0 Å². The number of rotatable bonds is 5. The van der Waals surface area contributed by atoms with Crippen molar-refractivity contribution in [3.05, 3.63) is 5.28 Å². The van der Waals surface area contributed by atoms with Gasteiger partial charge in [-0.25, -0.2) is 0 Å². The molecule has 20 heavy (non-hydrogen) atoms. The van der Waals surface area contributed by atoms with E-state index in [1.807, 2.05) is 25.8 Å². The van der Waals surface area contributed by atoms with Gasteiger partial charge in [0.2, 0.25) is 11.2 Å². The average molecular weight is 301 g/mol. The van der Waals surface area contributed by atoms with Crippen molar-refractivity contribution in [1.29, 1.82) is 0 Å². The van der Waals surface area contributed by atoms with Crippen molar-refractivity contribution >= 4 is 17.5 Å². The molecule has 1 atom stereocenters. The Morgan fingerprint density at radius 1 is 1.40 bits per heavy atom. The molecule has 1 aliphatic heterocycles. The molecule has 2 rings (SSSR count). The number of hydrogen-bond donors (Lipinski definition) is 0. The second-order valence-corrected chi connectivity index (χ2v) is 5.66. The van der Waals surface area contributed by atoms with Crippen molar-refractivity contribution in [3.8, 4) is 6.01 Å². The van der Waals surface area contributed by atoms with E-state index in [9.17, 15) is 0 Å². The molecule has 1 aromatic heterocycles. The molecule has 1 aliphatic rings. The molecule has 1 fully saturated rings. The highest BCUT2D eigenvalue weighted by molar-refractivity contribution is 6.28. The minimum atomic E-state index is -0.00151. The van der Waals surface area contributed by atoms with Crippen LogP contribution in [0.4, 0.5) is 5.95 Å². The second kappa shape index (κ2) is 7.04. The van der Waals surface area contributed by atoms with Gasteiger partial charge in [-0.05, 0) is 44.2 Å². The first-order valence-electron chi connectivity index (χ1n) is 6.91. The maximum atomic E-state index is 5.93. The van der Waals surface area contributed by atoms with E-state index in [1.165, 1.54) is 6.42 Å². The lowest BCUT2D eigenvalue weighted by Gasteiger charge is -2.27. The standard InChI is InChI=1S/C13H21ClN4O2/c1-9(2)20-13-16-11(14)15-12(17-13)18(3)7-10-5-4-6-19-8-10/h9-10H,4-8H2,1-3H3. The predicted molar refractivity (Wildman–Crippen MR) is 77.4 cm³/mol. The third-order valence-electron chi connectivity index (χ3n) is 3.04. The third-order valence-corrected chi connectivity index (χ3v) is 3.21. The molecule has 2 heterocycles. The lowest BCUT2D eigenvalue weighted by Crippen LogP contribution is -2.32. The van der Waals surface area contributed by atoms with E-state index >= 15 is 0 Å². The van der Waals surface area contributed by atoms with E-state index in [-0.39, 0.29) is 17.4 Å². The van der Waals surface area contributed by atoms with Crippen LogP contribution in [0.1, 0.15) is 26.7 Å². The summed E-state index contributed by atoms with van der Waals surface area (Å²) in [6.45, 7) is 6.32. The number of hydrogen-bond acceptors (Lipinski definition) is 6. The van der Waals surface area contributed by atoms with Crippen molar-refractivity contribution in [2.24, 2.45) is 5.92 Å². The number of aromatic nitrogens is 3. The molecule has 0 saturated carbocycles. The summed E-state index contributed by atoms with van der Waals surface area (Å²) in [4.78, 5) is 14.4. The molecule has 0 bridgehead atoms. The van der Waals surface area contributed by atoms with Crippen LogP contribution in [0, 0.1) is 5.92 Å². The number of nitrogens with zero attached hydrogens (tertiary/aromatic N) is 4. The van der Waals surface area contributed by atoms with Gasteiger partial charge in [0.05, 0.1) is 12.7 Å². The zero-order chi connectivity index (χ0) is 14.5. The van der Waals surface area contributed by atoms with Gasteiger partial charge >= 0.3 is 6.01 Å². The molecule has 0 spiro atoms. The zero-order valence-electron chi connectivity index (χ0n) is 12.2. The topological polar surface area (TPSA) is 60.4 Å². The van der Waals surface area contributed by atoms with Crippen molar-refractivity contribution in [2.45, 2.75) is 32.8 Å². The zero-order valence-corrected chi connectivity index (χ0v) is 12.9. The van der Waals surface area contributed by atoms with Crippen LogP contribution in [0.15, 0.2) is 0 Å². The summed E-state index contributed by atoms with van der Waals surface area (Å²) in [6, 6.07) is 0.266. The van der Waals surface area contributed by atoms with Crippen molar-refractivity contribution in [2.75, 3.05) is 31.7 Å². The highest BCUT2D eigenvalue weighted by atomic mass is 35.5. The molecule has 1 aromatic rings. The van der Waals surface area contributed by atoms with Crippen LogP contribution in [0.5, 0.6) is 6.01 Å². The Balaban J connectivity index is 2.04. The third kappa shape index (κ3) is 4.45. The van der Waals surface area contributed by atoms with E-state index in [0.717, 1.165) is 26.2 Å². The Hall–Kier alpha value is -1.14. The minimum absolute atomic E-state index is 0.00151. The van der Waals surface area contributed by atoms with Crippen molar-refractivity contribution < 1.29 is 9.47 Å². The molecule has 0 aromatic carbocycles. The molecule has 1 saturated heterocycles. The number of halogens is 1. The Morgan fingerprint density at radius 3 is 2.85 bits per heavy atom. The second-order valence-electron chi connectivity index (χ2n) is 5.32. The van der Waals surface area contributed by atoms with E-state index in [0.29, 0.717) is 11.9 Å².